The lowest BCUT2D eigenvalue weighted by atomic mass is 10.0. The fourth-order valence-electron chi connectivity index (χ4n) is 1.82. The lowest BCUT2D eigenvalue weighted by Gasteiger charge is -2.08. The van der Waals surface area contributed by atoms with Crippen LogP contribution in [-0.2, 0) is 6.42 Å². The molecule has 0 amide bonds. The molecular formula is C13H17N3O2. The summed E-state index contributed by atoms with van der Waals surface area (Å²) in [6, 6.07) is 7.44. The number of aromatic nitrogens is 2. The fourth-order valence-corrected chi connectivity index (χ4v) is 1.82. The Hall–Kier alpha value is -1.85. The van der Waals surface area contributed by atoms with Gasteiger partial charge in [0.2, 0.25) is 0 Å². The van der Waals surface area contributed by atoms with Crippen molar-refractivity contribution in [1.29, 1.82) is 0 Å². The van der Waals surface area contributed by atoms with E-state index in [9.17, 15) is 0 Å². The van der Waals surface area contributed by atoms with E-state index in [1.165, 1.54) is 0 Å². The Morgan fingerprint density at radius 2 is 2.11 bits per heavy atom. The van der Waals surface area contributed by atoms with Crippen LogP contribution in [0.1, 0.15) is 5.56 Å². The summed E-state index contributed by atoms with van der Waals surface area (Å²) < 4.78 is 5.12. The van der Waals surface area contributed by atoms with Gasteiger partial charge in [-0.3, -0.25) is 5.10 Å². The first-order valence-electron chi connectivity index (χ1n) is 5.77. The van der Waals surface area contributed by atoms with Crippen molar-refractivity contribution in [2.24, 2.45) is 5.73 Å². The largest absolute Gasteiger partial charge is 0.497 e. The molecule has 0 spiro atoms. The van der Waals surface area contributed by atoms with Crippen LogP contribution in [0.3, 0.4) is 0 Å². The Labute approximate surface area is 106 Å². The molecule has 1 aromatic heterocycles. The summed E-state index contributed by atoms with van der Waals surface area (Å²) in [6.45, 7) is -0.0345. The Balaban J connectivity index is 2.24. The normalized spacial score (nSPS) is 12.4. The van der Waals surface area contributed by atoms with E-state index in [0.717, 1.165) is 22.6 Å². The molecule has 0 aliphatic carbocycles. The molecule has 0 fully saturated rings. The highest BCUT2D eigenvalue weighted by atomic mass is 16.5. The predicted octanol–water partition coefficient (Wildman–Crippen LogP) is 0.947. The molecule has 2 rings (SSSR count). The molecule has 1 atom stereocenters. The number of aliphatic hydroxyl groups is 1. The van der Waals surface area contributed by atoms with Gasteiger partial charge >= 0.3 is 0 Å². The van der Waals surface area contributed by atoms with Gasteiger partial charge in [-0.05, 0) is 36.2 Å². The van der Waals surface area contributed by atoms with Gasteiger partial charge in [0.1, 0.15) is 5.75 Å². The van der Waals surface area contributed by atoms with Crippen LogP contribution in [0, 0.1) is 0 Å². The number of hydrogen-bond acceptors (Lipinski definition) is 4. The van der Waals surface area contributed by atoms with Crippen LogP contribution in [0.4, 0.5) is 0 Å². The van der Waals surface area contributed by atoms with E-state index in [1.54, 1.807) is 13.3 Å². The van der Waals surface area contributed by atoms with Gasteiger partial charge in [0.15, 0.2) is 0 Å². The zero-order valence-electron chi connectivity index (χ0n) is 10.3. The summed E-state index contributed by atoms with van der Waals surface area (Å²) in [5, 5.41) is 16.0. The number of H-pyrrole nitrogens is 1. The van der Waals surface area contributed by atoms with Crippen LogP contribution in [0.2, 0.25) is 0 Å². The number of nitrogens with one attached hydrogen (secondary N) is 1. The summed E-state index contributed by atoms with van der Waals surface area (Å²) in [5.74, 6) is 0.812. The maximum absolute atomic E-state index is 8.99. The van der Waals surface area contributed by atoms with Gasteiger partial charge in [0, 0.05) is 11.6 Å². The number of nitrogens with two attached hydrogens (primary N) is 1. The van der Waals surface area contributed by atoms with Crippen molar-refractivity contribution in [3.63, 3.8) is 0 Å². The molecule has 1 aromatic carbocycles. The van der Waals surface area contributed by atoms with Crippen LogP contribution in [-0.4, -0.2) is 35.1 Å². The van der Waals surface area contributed by atoms with Gasteiger partial charge < -0.3 is 15.6 Å². The van der Waals surface area contributed by atoms with Crippen molar-refractivity contribution in [3.8, 4) is 17.0 Å². The smallest absolute Gasteiger partial charge is 0.118 e. The number of rotatable bonds is 5. The van der Waals surface area contributed by atoms with Crippen LogP contribution >= 0.6 is 0 Å². The first-order chi connectivity index (χ1) is 8.74. The third-order valence-electron chi connectivity index (χ3n) is 2.81. The maximum Gasteiger partial charge on any atom is 0.118 e. The Morgan fingerprint density at radius 3 is 2.72 bits per heavy atom. The zero-order valence-corrected chi connectivity index (χ0v) is 10.3. The maximum atomic E-state index is 8.99. The molecule has 2 aromatic rings. The van der Waals surface area contributed by atoms with Gasteiger partial charge in [-0.2, -0.15) is 5.10 Å². The second-order valence-corrected chi connectivity index (χ2v) is 4.15. The first-order valence-corrected chi connectivity index (χ1v) is 5.77. The monoisotopic (exact) mass is 247 g/mol. The van der Waals surface area contributed by atoms with E-state index in [4.69, 9.17) is 15.6 Å². The van der Waals surface area contributed by atoms with E-state index in [-0.39, 0.29) is 12.6 Å². The molecule has 1 unspecified atom stereocenters. The topological polar surface area (TPSA) is 84.2 Å². The molecule has 0 saturated heterocycles. The van der Waals surface area contributed by atoms with Crippen molar-refractivity contribution in [2.75, 3.05) is 13.7 Å². The fraction of sp³-hybridized carbons (Fsp3) is 0.308. The van der Waals surface area contributed by atoms with Crippen LogP contribution in [0.25, 0.3) is 11.3 Å². The molecule has 0 radical (unpaired) electrons. The molecule has 4 N–H and O–H groups in total. The Bertz CT molecular complexity index is 493. The van der Waals surface area contributed by atoms with Crippen LogP contribution < -0.4 is 10.5 Å². The minimum absolute atomic E-state index is 0.0345. The number of nitrogens with zero attached hydrogens (tertiary/aromatic N) is 1. The van der Waals surface area contributed by atoms with Crippen molar-refractivity contribution < 1.29 is 9.84 Å². The lowest BCUT2D eigenvalue weighted by molar-refractivity contribution is 0.265. The number of methoxy groups -OCH3 is 1. The summed E-state index contributed by atoms with van der Waals surface area (Å²) in [4.78, 5) is 0. The first kappa shape index (κ1) is 12.6. The summed E-state index contributed by atoms with van der Waals surface area (Å²) >= 11 is 0. The molecule has 5 heteroatoms. The summed E-state index contributed by atoms with van der Waals surface area (Å²) in [6.07, 6.45) is 2.34. The van der Waals surface area contributed by atoms with Crippen molar-refractivity contribution >= 4 is 0 Å². The molecule has 0 saturated carbocycles. The molecule has 0 aliphatic rings. The van der Waals surface area contributed by atoms with Crippen molar-refractivity contribution in [2.45, 2.75) is 12.5 Å². The van der Waals surface area contributed by atoms with E-state index >= 15 is 0 Å². The van der Waals surface area contributed by atoms with Gasteiger partial charge in [-0.25, -0.2) is 0 Å². The number of ether oxygens (including phenoxy) is 1. The Morgan fingerprint density at radius 1 is 1.39 bits per heavy atom. The van der Waals surface area contributed by atoms with E-state index < -0.39 is 0 Å². The molecular weight excluding hydrogens is 230 g/mol. The van der Waals surface area contributed by atoms with E-state index in [1.807, 2.05) is 24.3 Å². The van der Waals surface area contributed by atoms with Gasteiger partial charge in [-0.15, -0.1) is 0 Å². The average molecular weight is 247 g/mol. The standard InChI is InChI=1S/C13H17N3O2/c1-18-12-4-2-9(3-5-12)13-10(7-15-16-13)6-11(14)8-17/h2-5,7,11,17H,6,8,14H2,1H3,(H,15,16). The van der Waals surface area contributed by atoms with Crippen molar-refractivity contribution in [3.05, 3.63) is 36.0 Å². The zero-order chi connectivity index (χ0) is 13.0. The van der Waals surface area contributed by atoms with Crippen LogP contribution in [0.15, 0.2) is 30.5 Å². The number of aromatic amines is 1. The number of aliphatic hydroxyl groups excluding tert-OH is 1. The third-order valence-corrected chi connectivity index (χ3v) is 2.81. The highest BCUT2D eigenvalue weighted by Crippen LogP contribution is 2.24. The van der Waals surface area contributed by atoms with Crippen LogP contribution in [0.5, 0.6) is 5.75 Å². The molecule has 0 aliphatic heterocycles. The minimum Gasteiger partial charge on any atom is -0.497 e. The lowest BCUT2D eigenvalue weighted by Crippen LogP contribution is -2.26. The third kappa shape index (κ3) is 2.69. The number of hydrogen-bond donors (Lipinski definition) is 3. The van der Waals surface area contributed by atoms with Gasteiger partial charge in [0.05, 0.1) is 25.6 Å². The summed E-state index contributed by atoms with van der Waals surface area (Å²) in [7, 11) is 1.64. The highest BCUT2D eigenvalue weighted by molar-refractivity contribution is 5.63. The minimum atomic E-state index is -0.264. The van der Waals surface area contributed by atoms with Gasteiger partial charge in [0.25, 0.3) is 0 Å². The average Bonchev–Trinajstić information content (AvgIpc) is 2.86. The molecule has 0 bridgehead atoms. The Kier molecular flexibility index (Phi) is 3.96. The molecule has 18 heavy (non-hydrogen) atoms. The molecule has 1 heterocycles. The quantitative estimate of drug-likeness (QED) is 0.734. The molecule has 5 nitrogen and oxygen atoms in total. The molecule has 96 valence electrons. The van der Waals surface area contributed by atoms with Gasteiger partial charge in [-0.1, -0.05) is 0 Å². The highest BCUT2D eigenvalue weighted by Gasteiger charge is 2.11. The summed E-state index contributed by atoms with van der Waals surface area (Å²) in [5.41, 5.74) is 8.70. The van der Waals surface area contributed by atoms with Crippen molar-refractivity contribution in [1.82, 2.24) is 10.2 Å². The number of benzene rings is 1. The predicted molar refractivity (Wildman–Crippen MR) is 69.3 cm³/mol. The second-order valence-electron chi connectivity index (χ2n) is 4.15. The van der Waals surface area contributed by atoms with E-state index in [0.29, 0.717) is 6.42 Å². The van der Waals surface area contributed by atoms with E-state index in [2.05, 4.69) is 10.2 Å². The second kappa shape index (κ2) is 5.66. The SMILES string of the molecule is COc1ccc(-c2[nH]ncc2CC(N)CO)cc1.